The molecule has 0 saturated carbocycles. The normalized spacial score (nSPS) is 11.7. The number of nitrogens with zero attached hydrogens (tertiary/aromatic N) is 2. The van der Waals surface area contributed by atoms with Crippen molar-refractivity contribution in [2.75, 3.05) is 0 Å². The van der Waals surface area contributed by atoms with E-state index in [0.29, 0.717) is 5.82 Å². The van der Waals surface area contributed by atoms with E-state index in [1.807, 2.05) is 13.8 Å². The van der Waals surface area contributed by atoms with Gasteiger partial charge in [-0.05, 0) is 17.5 Å². The average Bonchev–Trinajstić information content (AvgIpc) is 2.89. The maximum Gasteiger partial charge on any atom is 0.198 e. The van der Waals surface area contributed by atoms with Gasteiger partial charge in [-0.1, -0.05) is 27.7 Å². The van der Waals surface area contributed by atoms with E-state index >= 15 is 0 Å². The van der Waals surface area contributed by atoms with Crippen molar-refractivity contribution in [2.24, 2.45) is 0 Å². The molecule has 0 spiro atoms. The Morgan fingerprint density at radius 2 is 1.38 bits per heavy atom. The summed E-state index contributed by atoms with van der Waals surface area (Å²) in [4.78, 5) is 4.11. The van der Waals surface area contributed by atoms with Crippen molar-refractivity contribution in [2.45, 2.75) is 39.5 Å². The molecule has 114 valence electrons. The molecule has 2 aromatic rings. The van der Waals surface area contributed by atoms with Crippen molar-refractivity contribution in [3.8, 4) is 10.6 Å². The largest absolute Gasteiger partial charge is 0.219 e. The molecule has 0 saturated heterocycles. The molecule has 1 heterocycles. The Morgan fingerprint density at radius 1 is 0.810 bits per heavy atom. The van der Waals surface area contributed by atoms with E-state index in [9.17, 15) is 17.6 Å². The minimum atomic E-state index is -1.83. The Labute approximate surface area is 124 Å². The monoisotopic (exact) mass is 318 g/mol. The summed E-state index contributed by atoms with van der Waals surface area (Å²) in [6.45, 7) is 6.83. The lowest BCUT2D eigenvalue weighted by atomic mass is 9.95. The SMILES string of the molecule is CC(C)c1nsc(-c2c(F)c(F)c(F)c(F)c2C(C)C)n1. The molecule has 1 aromatic heterocycles. The van der Waals surface area contributed by atoms with E-state index < -0.39 is 29.2 Å². The first kappa shape index (κ1) is 15.9. The van der Waals surface area contributed by atoms with Crippen LogP contribution in [0.3, 0.4) is 0 Å². The Balaban J connectivity index is 2.77. The lowest BCUT2D eigenvalue weighted by molar-refractivity contribution is 0.403. The second-order valence-electron chi connectivity index (χ2n) is 5.31. The van der Waals surface area contributed by atoms with Crippen LogP contribution in [0.1, 0.15) is 50.9 Å². The summed E-state index contributed by atoms with van der Waals surface area (Å²) in [5, 5.41) is 0.0534. The third-order valence-corrected chi connectivity index (χ3v) is 3.80. The first-order valence-corrected chi connectivity index (χ1v) is 7.22. The third kappa shape index (κ3) is 2.66. The highest BCUT2D eigenvalue weighted by molar-refractivity contribution is 7.09. The van der Waals surface area contributed by atoms with E-state index in [1.165, 1.54) is 0 Å². The summed E-state index contributed by atoms with van der Waals surface area (Å²) in [7, 11) is 0. The Morgan fingerprint density at radius 3 is 1.86 bits per heavy atom. The molecule has 0 N–H and O–H groups in total. The zero-order chi connectivity index (χ0) is 15.9. The summed E-state index contributed by atoms with van der Waals surface area (Å²) < 4.78 is 59.1. The van der Waals surface area contributed by atoms with Crippen molar-refractivity contribution in [3.05, 3.63) is 34.7 Å². The molecule has 0 unspecified atom stereocenters. The Hall–Kier alpha value is -1.50. The minimum Gasteiger partial charge on any atom is -0.219 e. The van der Waals surface area contributed by atoms with Gasteiger partial charge in [-0.2, -0.15) is 4.37 Å². The molecule has 0 atom stereocenters. The molecule has 1 aromatic carbocycles. The van der Waals surface area contributed by atoms with Crippen molar-refractivity contribution < 1.29 is 17.6 Å². The highest BCUT2D eigenvalue weighted by atomic mass is 32.1. The van der Waals surface area contributed by atoms with Gasteiger partial charge in [0.05, 0.1) is 5.56 Å². The maximum absolute atomic E-state index is 14.1. The predicted molar refractivity (Wildman–Crippen MR) is 73.4 cm³/mol. The van der Waals surface area contributed by atoms with Crippen LogP contribution < -0.4 is 0 Å². The summed E-state index contributed by atoms with van der Waals surface area (Å²) >= 11 is 0.843. The number of aromatic nitrogens is 2. The van der Waals surface area contributed by atoms with Gasteiger partial charge in [0.2, 0.25) is 0 Å². The molecule has 0 fully saturated rings. The molecule has 7 heteroatoms. The minimum absolute atomic E-state index is 0.00398. The molecule has 0 bridgehead atoms. The van der Waals surface area contributed by atoms with Crippen molar-refractivity contribution >= 4 is 11.5 Å². The summed E-state index contributed by atoms with van der Waals surface area (Å²) in [5.74, 6) is -6.51. The molecule has 21 heavy (non-hydrogen) atoms. The highest BCUT2D eigenvalue weighted by Crippen LogP contribution is 2.37. The summed E-state index contributed by atoms with van der Waals surface area (Å²) in [5.41, 5.74) is -0.566. The molecule has 2 nitrogen and oxygen atoms in total. The molecular weight excluding hydrogens is 304 g/mol. The Bertz CT molecular complexity index is 680. The third-order valence-electron chi connectivity index (χ3n) is 3.05. The fraction of sp³-hybridized carbons (Fsp3) is 0.429. The zero-order valence-electron chi connectivity index (χ0n) is 12.0. The number of hydrogen-bond acceptors (Lipinski definition) is 3. The first-order chi connectivity index (χ1) is 9.75. The second kappa shape index (κ2) is 5.71. The zero-order valence-corrected chi connectivity index (χ0v) is 12.8. The van der Waals surface area contributed by atoms with Crippen LogP contribution in [0.25, 0.3) is 10.6 Å². The predicted octanol–water partition coefficient (Wildman–Crippen LogP) is 5.01. The molecule has 0 aliphatic carbocycles. The molecule has 0 radical (unpaired) electrons. The molecular formula is C14H14F4N2S. The van der Waals surface area contributed by atoms with Crippen LogP contribution in [-0.4, -0.2) is 9.36 Å². The van der Waals surface area contributed by atoms with Crippen LogP contribution in [0.2, 0.25) is 0 Å². The van der Waals surface area contributed by atoms with Gasteiger partial charge in [0.25, 0.3) is 0 Å². The topological polar surface area (TPSA) is 25.8 Å². The van der Waals surface area contributed by atoms with Crippen LogP contribution in [0.5, 0.6) is 0 Å². The highest BCUT2D eigenvalue weighted by Gasteiger charge is 2.29. The smallest absolute Gasteiger partial charge is 0.198 e. The molecule has 0 amide bonds. The average molecular weight is 318 g/mol. The van der Waals surface area contributed by atoms with Gasteiger partial charge in [-0.25, -0.2) is 22.5 Å². The van der Waals surface area contributed by atoms with Gasteiger partial charge in [-0.3, -0.25) is 0 Å². The van der Waals surface area contributed by atoms with Gasteiger partial charge in [0, 0.05) is 11.5 Å². The van der Waals surface area contributed by atoms with E-state index in [1.54, 1.807) is 13.8 Å². The molecule has 0 aliphatic heterocycles. The lowest BCUT2D eigenvalue weighted by Gasteiger charge is -2.14. The van der Waals surface area contributed by atoms with Crippen LogP contribution >= 0.6 is 11.5 Å². The van der Waals surface area contributed by atoms with E-state index in [-0.39, 0.29) is 22.1 Å². The van der Waals surface area contributed by atoms with Crippen molar-refractivity contribution in [1.82, 2.24) is 9.36 Å². The number of hydrogen-bond donors (Lipinski definition) is 0. The van der Waals surface area contributed by atoms with Gasteiger partial charge >= 0.3 is 0 Å². The molecule has 0 aliphatic rings. The van der Waals surface area contributed by atoms with Crippen LogP contribution in [-0.2, 0) is 0 Å². The van der Waals surface area contributed by atoms with Crippen molar-refractivity contribution in [1.29, 1.82) is 0 Å². The number of benzene rings is 1. The fourth-order valence-electron chi connectivity index (χ4n) is 1.97. The number of rotatable bonds is 3. The van der Waals surface area contributed by atoms with Crippen molar-refractivity contribution in [3.63, 3.8) is 0 Å². The summed E-state index contributed by atoms with van der Waals surface area (Å²) in [6.07, 6.45) is 0. The quantitative estimate of drug-likeness (QED) is 0.452. The standard InChI is InChI=1S/C14H14F4N2S/c1-5(2)7-8(10(16)12(18)11(17)9(7)15)14-19-13(6(3)4)20-21-14/h5-6H,1-4H3. The number of halogens is 4. The van der Waals surface area contributed by atoms with Gasteiger partial charge in [0.1, 0.15) is 10.8 Å². The maximum atomic E-state index is 14.1. The lowest BCUT2D eigenvalue weighted by Crippen LogP contribution is -2.07. The van der Waals surface area contributed by atoms with E-state index in [2.05, 4.69) is 9.36 Å². The van der Waals surface area contributed by atoms with Crippen LogP contribution in [0.4, 0.5) is 17.6 Å². The van der Waals surface area contributed by atoms with E-state index in [4.69, 9.17) is 0 Å². The molecule has 2 rings (SSSR count). The van der Waals surface area contributed by atoms with E-state index in [0.717, 1.165) is 11.5 Å². The fourth-order valence-corrected chi connectivity index (χ4v) is 2.83. The van der Waals surface area contributed by atoms with Crippen LogP contribution in [0, 0.1) is 23.3 Å². The van der Waals surface area contributed by atoms with Crippen LogP contribution in [0.15, 0.2) is 0 Å². The Kier molecular flexibility index (Phi) is 4.32. The summed E-state index contributed by atoms with van der Waals surface area (Å²) in [6, 6.07) is 0. The van der Waals surface area contributed by atoms with Gasteiger partial charge in [-0.15, -0.1) is 0 Å². The second-order valence-corrected chi connectivity index (χ2v) is 6.06. The van der Waals surface area contributed by atoms with Gasteiger partial charge < -0.3 is 0 Å². The van der Waals surface area contributed by atoms with Gasteiger partial charge in [0.15, 0.2) is 23.3 Å². The first-order valence-electron chi connectivity index (χ1n) is 6.45.